The van der Waals surface area contributed by atoms with E-state index in [0.717, 1.165) is 29.1 Å². The Hall–Kier alpha value is -1.19. The fraction of sp³-hybridized carbons (Fsp3) is 0.533. The van der Waals surface area contributed by atoms with Crippen LogP contribution < -0.4 is 0 Å². The number of piperidine rings is 1. The van der Waals surface area contributed by atoms with Crippen molar-refractivity contribution in [3.8, 4) is 0 Å². The SMILES string of the molecule is CCC1CCCCN1C([Se])=NN=C(C)c1ccccn1. The van der Waals surface area contributed by atoms with Crippen molar-refractivity contribution in [3.05, 3.63) is 30.1 Å². The molecular weight excluding hydrogens is 315 g/mol. The van der Waals surface area contributed by atoms with Gasteiger partial charge in [-0.3, -0.25) is 0 Å². The Bertz CT molecular complexity index is 484. The average Bonchev–Trinajstić information content (AvgIpc) is 2.53. The van der Waals surface area contributed by atoms with Crippen LogP contribution in [0.15, 0.2) is 34.6 Å². The maximum atomic E-state index is 4.36. The van der Waals surface area contributed by atoms with E-state index in [4.69, 9.17) is 0 Å². The van der Waals surface area contributed by atoms with Crippen LogP contribution in [0.2, 0.25) is 0 Å². The maximum absolute atomic E-state index is 4.36. The van der Waals surface area contributed by atoms with Crippen LogP contribution in [0.5, 0.6) is 0 Å². The molecule has 2 rings (SSSR count). The van der Waals surface area contributed by atoms with Crippen LogP contribution in [-0.4, -0.2) is 48.9 Å². The van der Waals surface area contributed by atoms with Crippen LogP contribution in [0.1, 0.15) is 45.2 Å². The summed E-state index contributed by atoms with van der Waals surface area (Å²) in [5.74, 6) is 0. The van der Waals surface area contributed by atoms with Crippen LogP contribution in [0, 0.1) is 0 Å². The molecule has 0 spiro atoms. The van der Waals surface area contributed by atoms with Gasteiger partial charge < -0.3 is 0 Å². The molecule has 0 aromatic carbocycles. The molecule has 1 aromatic heterocycles. The Morgan fingerprint density at radius 1 is 1.40 bits per heavy atom. The molecule has 1 fully saturated rings. The van der Waals surface area contributed by atoms with Crippen molar-refractivity contribution >= 4 is 26.5 Å². The molecule has 5 heteroatoms. The van der Waals surface area contributed by atoms with Gasteiger partial charge in [0.1, 0.15) is 0 Å². The molecule has 20 heavy (non-hydrogen) atoms. The van der Waals surface area contributed by atoms with Crippen molar-refractivity contribution in [1.29, 1.82) is 0 Å². The van der Waals surface area contributed by atoms with Crippen molar-refractivity contribution in [3.63, 3.8) is 0 Å². The summed E-state index contributed by atoms with van der Waals surface area (Å²) < 4.78 is 0.895. The third kappa shape index (κ3) is 3.90. The zero-order valence-corrected chi connectivity index (χ0v) is 13.8. The van der Waals surface area contributed by atoms with Crippen molar-refractivity contribution in [2.75, 3.05) is 6.54 Å². The van der Waals surface area contributed by atoms with Crippen molar-refractivity contribution in [2.24, 2.45) is 10.2 Å². The predicted molar refractivity (Wildman–Crippen MR) is 84.3 cm³/mol. The van der Waals surface area contributed by atoms with Gasteiger partial charge in [0, 0.05) is 0 Å². The minimum absolute atomic E-state index is 0.592. The number of aromatic nitrogens is 1. The van der Waals surface area contributed by atoms with E-state index in [1.807, 2.05) is 25.1 Å². The predicted octanol–water partition coefficient (Wildman–Crippen LogP) is 2.59. The van der Waals surface area contributed by atoms with E-state index >= 15 is 0 Å². The first-order valence-electron chi connectivity index (χ1n) is 7.19. The molecule has 0 saturated carbocycles. The summed E-state index contributed by atoms with van der Waals surface area (Å²) in [7, 11) is 0. The number of rotatable bonds is 3. The number of likely N-dealkylation sites (tertiary alicyclic amines) is 1. The second kappa shape index (κ2) is 7.55. The van der Waals surface area contributed by atoms with Crippen LogP contribution in [0.4, 0.5) is 0 Å². The Labute approximate surface area is 129 Å². The van der Waals surface area contributed by atoms with Crippen LogP contribution in [-0.2, 0) is 0 Å². The monoisotopic (exact) mass is 337 g/mol. The Morgan fingerprint density at radius 2 is 2.25 bits per heavy atom. The summed E-state index contributed by atoms with van der Waals surface area (Å²) in [6.45, 7) is 5.24. The summed E-state index contributed by atoms with van der Waals surface area (Å²) in [6, 6.07) is 6.40. The van der Waals surface area contributed by atoms with Gasteiger partial charge in [-0.25, -0.2) is 0 Å². The Balaban J connectivity index is 2.09. The molecule has 1 aliphatic heterocycles. The average molecular weight is 336 g/mol. The third-order valence-corrected chi connectivity index (χ3v) is 4.33. The molecule has 1 unspecified atom stereocenters. The third-order valence-electron chi connectivity index (χ3n) is 3.67. The normalized spacial score (nSPS) is 21.1. The molecule has 0 N–H and O–H groups in total. The summed E-state index contributed by atoms with van der Waals surface area (Å²) >= 11 is 3.07. The van der Waals surface area contributed by atoms with E-state index in [2.05, 4.69) is 43.0 Å². The van der Waals surface area contributed by atoms with Crippen LogP contribution in [0.3, 0.4) is 0 Å². The van der Waals surface area contributed by atoms with Gasteiger partial charge in [0.25, 0.3) is 0 Å². The van der Waals surface area contributed by atoms with Gasteiger partial charge in [-0.1, -0.05) is 0 Å². The Morgan fingerprint density at radius 3 is 2.95 bits per heavy atom. The zero-order chi connectivity index (χ0) is 14.4. The van der Waals surface area contributed by atoms with Crippen molar-refractivity contribution in [2.45, 2.75) is 45.6 Å². The second-order valence-electron chi connectivity index (χ2n) is 5.03. The van der Waals surface area contributed by atoms with E-state index in [-0.39, 0.29) is 0 Å². The van der Waals surface area contributed by atoms with E-state index < -0.39 is 0 Å². The molecule has 1 aliphatic rings. The first kappa shape index (κ1) is 15.2. The quantitative estimate of drug-likeness (QED) is 0.368. The fourth-order valence-electron chi connectivity index (χ4n) is 2.48. The van der Waals surface area contributed by atoms with Crippen LogP contribution >= 0.6 is 0 Å². The van der Waals surface area contributed by atoms with E-state index in [0.29, 0.717) is 6.04 Å². The van der Waals surface area contributed by atoms with Gasteiger partial charge >= 0.3 is 129 Å². The summed E-state index contributed by atoms with van der Waals surface area (Å²) in [6.07, 6.45) is 6.73. The molecule has 1 aromatic rings. The fourth-order valence-corrected chi connectivity index (χ4v) is 3.07. The van der Waals surface area contributed by atoms with E-state index in [1.54, 1.807) is 6.20 Å². The van der Waals surface area contributed by atoms with Gasteiger partial charge in [-0.15, -0.1) is 0 Å². The van der Waals surface area contributed by atoms with Gasteiger partial charge in [0.15, 0.2) is 0 Å². The number of nitrogens with zero attached hydrogens (tertiary/aromatic N) is 4. The van der Waals surface area contributed by atoms with E-state index in [1.165, 1.54) is 19.3 Å². The Kier molecular flexibility index (Phi) is 5.74. The van der Waals surface area contributed by atoms with Gasteiger partial charge in [-0.05, 0) is 0 Å². The molecule has 1 radical (unpaired) electrons. The van der Waals surface area contributed by atoms with Crippen LogP contribution in [0.25, 0.3) is 0 Å². The number of hydrogen-bond donors (Lipinski definition) is 0. The van der Waals surface area contributed by atoms with Gasteiger partial charge in [-0.2, -0.15) is 0 Å². The molecular formula is C15H21N4Se. The molecule has 107 valence electrons. The molecule has 4 nitrogen and oxygen atoms in total. The summed E-state index contributed by atoms with van der Waals surface area (Å²) in [4.78, 5) is 6.62. The first-order chi connectivity index (χ1) is 9.72. The van der Waals surface area contributed by atoms with Gasteiger partial charge in [0.05, 0.1) is 0 Å². The minimum atomic E-state index is 0.592. The topological polar surface area (TPSA) is 40.9 Å². The first-order valence-corrected chi connectivity index (χ1v) is 8.05. The number of pyridine rings is 1. The summed E-state index contributed by atoms with van der Waals surface area (Å²) in [5, 5.41) is 8.66. The summed E-state index contributed by atoms with van der Waals surface area (Å²) in [5.41, 5.74) is 1.71. The molecule has 1 saturated heterocycles. The molecule has 0 bridgehead atoms. The molecule has 0 amide bonds. The number of hydrogen-bond acceptors (Lipinski definition) is 3. The molecule has 0 aliphatic carbocycles. The zero-order valence-electron chi connectivity index (χ0n) is 12.1. The molecule has 1 atom stereocenters. The number of amidine groups is 1. The van der Waals surface area contributed by atoms with E-state index in [9.17, 15) is 0 Å². The van der Waals surface area contributed by atoms with Crippen molar-refractivity contribution < 1.29 is 0 Å². The second-order valence-corrected chi connectivity index (χ2v) is 5.80. The van der Waals surface area contributed by atoms with Gasteiger partial charge in [0.2, 0.25) is 0 Å². The van der Waals surface area contributed by atoms with Crippen molar-refractivity contribution in [1.82, 2.24) is 9.88 Å². The molecule has 2 heterocycles. The standard InChI is InChI=1S/C15H21N4Se/c1-3-13-8-5-7-11-19(13)15(20)18-17-12(2)14-9-4-6-10-16-14/h4,6,9-10,13H,3,5,7-8,11H2,1-2H3.